The zero-order valence-corrected chi connectivity index (χ0v) is 15.5. The number of benzene rings is 2. The average Bonchev–Trinajstić information content (AvgIpc) is 2.58. The summed E-state index contributed by atoms with van der Waals surface area (Å²) in [4.78, 5) is 0. The molecule has 26 heavy (non-hydrogen) atoms. The SMILES string of the molecule is CC(C)(O)CCCCC=Cc1cccc(C=Cc2ccc(O)c(O)c2)c1. The average molecular weight is 352 g/mol. The summed E-state index contributed by atoms with van der Waals surface area (Å²) >= 11 is 0. The highest BCUT2D eigenvalue weighted by molar-refractivity contribution is 5.72. The quantitative estimate of drug-likeness (QED) is 0.329. The van der Waals surface area contributed by atoms with Crippen LogP contribution < -0.4 is 0 Å². The van der Waals surface area contributed by atoms with Gasteiger partial charge in [-0.15, -0.1) is 0 Å². The van der Waals surface area contributed by atoms with Crippen LogP contribution in [0.3, 0.4) is 0 Å². The summed E-state index contributed by atoms with van der Waals surface area (Å²) in [6, 6.07) is 13.0. The van der Waals surface area contributed by atoms with Crippen LogP contribution in [0, 0.1) is 0 Å². The zero-order chi connectivity index (χ0) is 19.0. The summed E-state index contributed by atoms with van der Waals surface area (Å²) < 4.78 is 0. The van der Waals surface area contributed by atoms with Crippen LogP contribution in [0.15, 0.2) is 48.5 Å². The fourth-order valence-electron chi connectivity index (χ4n) is 2.64. The molecule has 0 unspecified atom stereocenters. The molecule has 0 atom stereocenters. The molecule has 0 saturated heterocycles. The first-order chi connectivity index (χ1) is 12.3. The number of hydrogen-bond acceptors (Lipinski definition) is 3. The number of unbranched alkanes of at least 4 members (excludes halogenated alkanes) is 2. The van der Waals surface area contributed by atoms with Gasteiger partial charge in [-0.2, -0.15) is 0 Å². The predicted molar refractivity (Wildman–Crippen MR) is 109 cm³/mol. The molecule has 138 valence electrons. The molecule has 2 rings (SSSR count). The van der Waals surface area contributed by atoms with E-state index in [2.05, 4.69) is 24.3 Å². The minimum Gasteiger partial charge on any atom is -0.504 e. The number of phenols is 2. The second kappa shape index (κ2) is 9.25. The van der Waals surface area contributed by atoms with Gasteiger partial charge in [0.15, 0.2) is 11.5 Å². The van der Waals surface area contributed by atoms with Crippen molar-refractivity contribution in [3.8, 4) is 11.5 Å². The van der Waals surface area contributed by atoms with Crippen LogP contribution in [0.25, 0.3) is 18.2 Å². The van der Waals surface area contributed by atoms with Crippen molar-refractivity contribution in [1.29, 1.82) is 0 Å². The van der Waals surface area contributed by atoms with Gasteiger partial charge in [0, 0.05) is 0 Å². The minimum absolute atomic E-state index is 0.114. The molecule has 3 nitrogen and oxygen atoms in total. The van der Waals surface area contributed by atoms with Gasteiger partial charge in [-0.25, -0.2) is 0 Å². The predicted octanol–water partition coefficient (Wildman–Crippen LogP) is 5.61. The molecule has 0 saturated carbocycles. The largest absolute Gasteiger partial charge is 0.504 e. The molecule has 0 aliphatic carbocycles. The number of phenolic OH excluding ortho intramolecular Hbond substituents is 2. The molecule has 0 aromatic heterocycles. The minimum atomic E-state index is -0.571. The molecule has 0 amide bonds. The first kappa shape index (κ1) is 19.8. The molecule has 2 aromatic rings. The van der Waals surface area contributed by atoms with Gasteiger partial charge in [0.1, 0.15) is 0 Å². The Morgan fingerprint density at radius 1 is 0.808 bits per heavy atom. The Morgan fingerprint density at radius 2 is 1.46 bits per heavy atom. The highest BCUT2D eigenvalue weighted by Gasteiger charge is 2.10. The molecule has 3 heteroatoms. The van der Waals surface area contributed by atoms with Crippen molar-refractivity contribution in [2.75, 3.05) is 0 Å². The maximum atomic E-state index is 9.69. The van der Waals surface area contributed by atoms with Crippen molar-refractivity contribution < 1.29 is 15.3 Å². The molecule has 0 fully saturated rings. The van der Waals surface area contributed by atoms with Gasteiger partial charge in [0.2, 0.25) is 0 Å². The summed E-state index contributed by atoms with van der Waals surface area (Å²) in [6.45, 7) is 3.70. The van der Waals surface area contributed by atoms with Gasteiger partial charge in [-0.1, -0.05) is 55.0 Å². The highest BCUT2D eigenvalue weighted by Crippen LogP contribution is 2.25. The fourth-order valence-corrected chi connectivity index (χ4v) is 2.64. The standard InChI is InChI=1S/C23H28O3/c1-23(2,26)15-6-4-3-5-8-18-9-7-10-19(16-18)11-12-20-13-14-21(24)22(25)17-20/h5,7-14,16-17,24-26H,3-4,6,15H2,1-2H3. The molecular weight excluding hydrogens is 324 g/mol. The molecule has 0 spiro atoms. The van der Waals surface area contributed by atoms with E-state index in [1.54, 1.807) is 6.07 Å². The van der Waals surface area contributed by atoms with E-state index in [1.165, 1.54) is 12.1 Å². The summed E-state index contributed by atoms with van der Waals surface area (Å²) in [5.74, 6) is -0.231. The van der Waals surface area contributed by atoms with Crippen LogP contribution >= 0.6 is 0 Å². The lowest BCUT2D eigenvalue weighted by molar-refractivity contribution is 0.0683. The number of aliphatic hydroxyl groups is 1. The summed E-state index contributed by atoms with van der Waals surface area (Å²) in [6.07, 6.45) is 12.1. The van der Waals surface area contributed by atoms with Crippen molar-refractivity contribution >= 4 is 18.2 Å². The van der Waals surface area contributed by atoms with Gasteiger partial charge in [-0.05, 0) is 68.0 Å². The van der Waals surface area contributed by atoms with Crippen molar-refractivity contribution in [3.05, 3.63) is 65.2 Å². The Labute approximate surface area is 156 Å². The van der Waals surface area contributed by atoms with Crippen LogP contribution in [-0.4, -0.2) is 20.9 Å². The van der Waals surface area contributed by atoms with Gasteiger partial charge in [-0.3, -0.25) is 0 Å². The van der Waals surface area contributed by atoms with Crippen LogP contribution in [0.2, 0.25) is 0 Å². The molecule has 0 radical (unpaired) electrons. The molecule has 0 aliphatic heterocycles. The molecule has 2 aromatic carbocycles. The summed E-state index contributed by atoms with van der Waals surface area (Å²) in [7, 11) is 0. The van der Waals surface area contributed by atoms with Crippen LogP contribution in [-0.2, 0) is 0 Å². The number of allylic oxidation sites excluding steroid dienone is 1. The fraction of sp³-hybridized carbons (Fsp3) is 0.304. The zero-order valence-electron chi connectivity index (χ0n) is 15.5. The van der Waals surface area contributed by atoms with E-state index < -0.39 is 5.60 Å². The second-order valence-electron chi connectivity index (χ2n) is 7.21. The monoisotopic (exact) mass is 352 g/mol. The molecule has 3 N–H and O–H groups in total. The topological polar surface area (TPSA) is 60.7 Å². The Kier molecular flexibility index (Phi) is 7.05. The van der Waals surface area contributed by atoms with Gasteiger partial charge in [0.05, 0.1) is 5.60 Å². The molecule has 0 heterocycles. The Morgan fingerprint density at radius 3 is 2.12 bits per heavy atom. The maximum Gasteiger partial charge on any atom is 0.157 e. The van der Waals surface area contributed by atoms with Crippen molar-refractivity contribution in [3.63, 3.8) is 0 Å². The van der Waals surface area contributed by atoms with E-state index >= 15 is 0 Å². The normalized spacial score (nSPS) is 12.3. The van der Waals surface area contributed by atoms with E-state index in [4.69, 9.17) is 0 Å². The Balaban J connectivity index is 1.89. The van der Waals surface area contributed by atoms with E-state index in [-0.39, 0.29) is 11.5 Å². The smallest absolute Gasteiger partial charge is 0.157 e. The van der Waals surface area contributed by atoms with E-state index in [0.29, 0.717) is 0 Å². The summed E-state index contributed by atoms with van der Waals surface area (Å²) in [5, 5.41) is 28.6. The molecular formula is C23H28O3. The van der Waals surface area contributed by atoms with Gasteiger partial charge in [0.25, 0.3) is 0 Å². The van der Waals surface area contributed by atoms with Crippen LogP contribution in [0.4, 0.5) is 0 Å². The third-order valence-electron chi connectivity index (χ3n) is 4.10. The van der Waals surface area contributed by atoms with E-state index in [1.807, 2.05) is 38.1 Å². The number of rotatable bonds is 8. The Hall–Kier alpha value is -2.52. The Bertz CT molecular complexity index is 767. The third kappa shape index (κ3) is 7.16. The number of aromatic hydroxyl groups is 2. The lowest BCUT2D eigenvalue weighted by Gasteiger charge is -2.15. The number of hydrogen-bond donors (Lipinski definition) is 3. The summed E-state index contributed by atoms with van der Waals surface area (Å²) in [5.41, 5.74) is 2.47. The van der Waals surface area contributed by atoms with Crippen LogP contribution in [0.1, 0.15) is 56.2 Å². The van der Waals surface area contributed by atoms with Gasteiger partial charge >= 0.3 is 0 Å². The first-order valence-corrected chi connectivity index (χ1v) is 9.02. The van der Waals surface area contributed by atoms with Crippen molar-refractivity contribution in [1.82, 2.24) is 0 Å². The van der Waals surface area contributed by atoms with E-state index in [0.717, 1.165) is 42.4 Å². The lowest BCUT2D eigenvalue weighted by Crippen LogP contribution is -2.17. The molecule has 0 aliphatic rings. The van der Waals surface area contributed by atoms with Gasteiger partial charge < -0.3 is 15.3 Å². The van der Waals surface area contributed by atoms with Crippen molar-refractivity contribution in [2.24, 2.45) is 0 Å². The van der Waals surface area contributed by atoms with Crippen LogP contribution in [0.5, 0.6) is 11.5 Å². The lowest BCUT2D eigenvalue weighted by atomic mass is 10.0. The highest BCUT2D eigenvalue weighted by atomic mass is 16.3. The first-order valence-electron chi connectivity index (χ1n) is 9.02. The molecule has 0 bridgehead atoms. The third-order valence-corrected chi connectivity index (χ3v) is 4.10. The van der Waals surface area contributed by atoms with Crippen molar-refractivity contribution in [2.45, 2.75) is 45.1 Å². The second-order valence-corrected chi connectivity index (χ2v) is 7.21. The maximum absolute atomic E-state index is 9.69. The van der Waals surface area contributed by atoms with E-state index in [9.17, 15) is 15.3 Å².